The molecule has 2 heterocycles. The molecule has 4 rings (SSSR count). The van der Waals surface area contributed by atoms with Gasteiger partial charge in [0.15, 0.2) is 5.13 Å². The van der Waals surface area contributed by atoms with Gasteiger partial charge in [0.1, 0.15) is 10.4 Å². The van der Waals surface area contributed by atoms with Gasteiger partial charge in [0, 0.05) is 32.2 Å². The Bertz CT molecular complexity index is 1550. The summed E-state index contributed by atoms with van der Waals surface area (Å²) in [4.78, 5) is 27.8. The molecule has 1 saturated heterocycles. The number of benzene rings is 2. The van der Waals surface area contributed by atoms with E-state index in [-0.39, 0.29) is 40.9 Å². The minimum absolute atomic E-state index is 0.0304. The number of non-ortho nitro benzene ring substituents is 1. The topological polar surface area (TPSA) is 123 Å². The SMILES string of the molecule is O=c1nc(N2CCN(S(=O)(=O)c3ccc(OC(F)(F)F)cc3)CC2)sc2c([N+](=O)[O-])cc(C(F)(F)F)cc12. The molecule has 0 amide bonds. The van der Waals surface area contributed by atoms with E-state index in [1.807, 2.05) is 0 Å². The summed E-state index contributed by atoms with van der Waals surface area (Å²) in [5.74, 6) is -0.602. The second-order valence-electron chi connectivity index (χ2n) is 7.84. The summed E-state index contributed by atoms with van der Waals surface area (Å²) in [5, 5.41) is 10.8. The lowest BCUT2D eigenvalue weighted by molar-refractivity contribution is -0.383. The summed E-state index contributed by atoms with van der Waals surface area (Å²) in [5.41, 5.74) is -3.40. The van der Waals surface area contributed by atoms with Crippen LogP contribution in [0.15, 0.2) is 46.1 Å². The second kappa shape index (κ2) is 9.66. The monoisotopic (exact) mass is 584 g/mol. The number of anilines is 1. The molecule has 1 aliphatic heterocycles. The van der Waals surface area contributed by atoms with Gasteiger partial charge in [0.05, 0.1) is 20.8 Å². The second-order valence-corrected chi connectivity index (χ2v) is 10.8. The number of aromatic nitrogens is 1. The molecule has 18 heteroatoms. The highest BCUT2D eigenvalue weighted by Gasteiger charge is 2.35. The van der Waals surface area contributed by atoms with E-state index in [0.29, 0.717) is 23.5 Å². The van der Waals surface area contributed by atoms with E-state index in [2.05, 4.69) is 9.72 Å². The van der Waals surface area contributed by atoms with E-state index < -0.39 is 55.4 Å². The van der Waals surface area contributed by atoms with Crippen LogP contribution in [0.4, 0.5) is 37.2 Å². The predicted octanol–water partition coefficient (Wildman–Crippen LogP) is 3.99. The highest BCUT2D eigenvalue weighted by Crippen LogP contribution is 2.38. The number of halogens is 6. The molecule has 0 spiro atoms. The highest BCUT2D eigenvalue weighted by molar-refractivity contribution is 7.89. The van der Waals surface area contributed by atoms with Crippen LogP contribution in [0.25, 0.3) is 10.1 Å². The molecular weight excluding hydrogens is 570 g/mol. The van der Waals surface area contributed by atoms with Crippen molar-refractivity contribution in [2.24, 2.45) is 0 Å². The number of rotatable bonds is 5. The van der Waals surface area contributed by atoms with Crippen LogP contribution >= 0.6 is 11.3 Å². The first-order valence-corrected chi connectivity index (χ1v) is 12.6. The first-order valence-electron chi connectivity index (χ1n) is 10.4. The summed E-state index contributed by atoms with van der Waals surface area (Å²) in [7, 11) is -4.11. The van der Waals surface area contributed by atoms with Gasteiger partial charge in [-0.2, -0.15) is 22.5 Å². The molecule has 1 aromatic heterocycles. The fourth-order valence-electron chi connectivity index (χ4n) is 3.66. The first-order chi connectivity index (χ1) is 17.6. The normalized spacial score (nSPS) is 15.6. The number of alkyl halides is 6. The number of sulfonamides is 1. The van der Waals surface area contributed by atoms with Crippen LogP contribution < -0.4 is 15.2 Å². The van der Waals surface area contributed by atoms with E-state index in [1.54, 1.807) is 0 Å². The number of hydrogen-bond donors (Lipinski definition) is 0. The summed E-state index contributed by atoms with van der Waals surface area (Å²) in [6.45, 7) is -0.341. The van der Waals surface area contributed by atoms with Crippen LogP contribution in [-0.2, 0) is 16.2 Å². The maximum atomic E-state index is 13.1. The van der Waals surface area contributed by atoms with Crippen molar-refractivity contribution in [1.29, 1.82) is 0 Å². The predicted molar refractivity (Wildman–Crippen MR) is 122 cm³/mol. The van der Waals surface area contributed by atoms with E-state index >= 15 is 0 Å². The van der Waals surface area contributed by atoms with E-state index in [1.165, 1.54) is 4.90 Å². The van der Waals surface area contributed by atoms with Gasteiger partial charge in [0.2, 0.25) is 10.0 Å². The van der Waals surface area contributed by atoms with Gasteiger partial charge in [-0.1, -0.05) is 11.3 Å². The van der Waals surface area contributed by atoms with Gasteiger partial charge in [-0.25, -0.2) is 8.42 Å². The smallest absolute Gasteiger partial charge is 0.406 e. The molecule has 0 saturated carbocycles. The summed E-state index contributed by atoms with van der Waals surface area (Å²) in [6.07, 6.45) is -9.87. The van der Waals surface area contributed by atoms with Crippen molar-refractivity contribution in [1.82, 2.24) is 9.29 Å². The van der Waals surface area contributed by atoms with E-state index in [0.717, 1.165) is 28.6 Å². The fourth-order valence-corrected chi connectivity index (χ4v) is 6.20. The Hall–Kier alpha value is -3.51. The number of nitro groups is 1. The largest absolute Gasteiger partial charge is 0.573 e. The lowest BCUT2D eigenvalue weighted by Gasteiger charge is -2.34. The molecule has 3 aromatic rings. The minimum Gasteiger partial charge on any atom is -0.406 e. The Morgan fingerprint density at radius 3 is 2.13 bits per heavy atom. The molecule has 0 unspecified atom stereocenters. The molecule has 2 aromatic carbocycles. The third-order valence-corrected chi connectivity index (χ3v) is 8.50. The molecule has 1 aliphatic rings. The third-order valence-electron chi connectivity index (χ3n) is 5.42. The molecule has 1 fully saturated rings. The fraction of sp³-hybridized carbons (Fsp3) is 0.300. The summed E-state index contributed by atoms with van der Waals surface area (Å²) >= 11 is 0.625. The van der Waals surface area contributed by atoms with Gasteiger partial charge in [-0.3, -0.25) is 14.9 Å². The van der Waals surface area contributed by atoms with Crippen molar-refractivity contribution in [3.63, 3.8) is 0 Å². The van der Waals surface area contributed by atoms with E-state index in [4.69, 9.17) is 0 Å². The number of ether oxygens (including phenoxy) is 1. The molecule has 10 nitrogen and oxygen atoms in total. The minimum atomic E-state index is -4.94. The lowest BCUT2D eigenvalue weighted by atomic mass is 10.1. The Kier molecular flexibility index (Phi) is 7.00. The van der Waals surface area contributed by atoms with Crippen molar-refractivity contribution in [2.45, 2.75) is 17.4 Å². The molecule has 0 bridgehead atoms. The molecule has 204 valence electrons. The summed E-state index contributed by atoms with van der Waals surface area (Å²) < 4.78 is 107. The Balaban J connectivity index is 1.56. The maximum absolute atomic E-state index is 13.1. The zero-order chi connectivity index (χ0) is 28.0. The Labute approximate surface area is 212 Å². The molecule has 0 N–H and O–H groups in total. The van der Waals surface area contributed by atoms with Crippen LogP contribution in [0.5, 0.6) is 5.75 Å². The summed E-state index contributed by atoms with van der Waals surface area (Å²) in [6, 6.07) is 4.43. The van der Waals surface area contributed by atoms with Gasteiger partial charge >= 0.3 is 12.5 Å². The molecule has 38 heavy (non-hydrogen) atoms. The standard InChI is InChI=1S/C20H14F6N4O6S2/c21-19(22,23)11-9-14-16(15(10-11)30(32)33)37-18(27-17(14)31)28-5-7-29(8-6-28)38(34,35)13-3-1-12(2-4-13)36-20(24,25)26/h1-4,9-10H,5-8H2. The maximum Gasteiger partial charge on any atom is 0.573 e. The van der Waals surface area contributed by atoms with E-state index in [9.17, 15) is 49.7 Å². The average molecular weight is 584 g/mol. The van der Waals surface area contributed by atoms with Crippen molar-refractivity contribution < 1.29 is 44.4 Å². The lowest BCUT2D eigenvalue weighted by Crippen LogP contribution is -2.49. The van der Waals surface area contributed by atoms with Gasteiger partial charge in [-0.15, -0.1) is 13.2 Å². The first kappa shape index (κ1) is 27.5. The zero-order valence-corrected chi connectivity index (χ0v) is 20.2. The van der Waals surface area contributed by atoms with Gasteiger partial charge < -0.3 is 9.64 Å². The quantitative estimate of drug-likeness (QED) is 0.251. The van der Waals surface area contributed by atoms with Crippen molar-refractivity contribution >= 4 is 42.3 Å². The number of fused-ring (bicyclic) bond motifs is 1. The molecular formula is C20H14F6N4O6S2. The number of hydrogen-bond acceptors (Lipinski definition) is 9. The van der Waals surface area contributed by atoms with Crippen molar-refractivity contribution in [3.8, 4) is 5.75 Å². The third kappa shape index (κ3) is 5.65. The average Bonchev–Trinajstić information content (AvgIpc) is 2.82. The van der Waals surface area contributed by atoms with Crippen LogP contribution in [0.1, 0.15) is 5.56 Å². The van der Waals surface area contributed by atoms with Crippen LogP contribution in [0, 0.1) is 10.1 Å². The van der Waals surface area contributed by atoms with Crippen molar-refractivity contribution in [3.05, 3.63) is 62.4 Å². The Morgan fingerprint density at radius 2 is 1.61 bits per heavy atom. The van der Waals surface area contributed by atoms with Gasteiger partial charge in [0.25, 0.3) is 11.2 Å². The molecule has 0 aliphatic carbocycles. The number of piperazine rings is 1. The van der Waals surface area contributed by atoms with Crippen LogP contribution in [0.3, 0.4) is 0 Å². The Morgan fingerprint density at radius 1 is 1.00 bits per heavy atom. The highest BCUT2D eigenvalue weighted by atomic mass is 32.2. The van der Waals surface area contributed by atoms with Crippen LogP contribution in [-0.4, -0.2) is 55.2 Å². The zero-order valence-electron chi connectivity index (χ0n) is 18.6. The van der Waals surface area contributed by atoms with Gasteiger partial charge in [-0.05, 0) is 30.3 Å². The molecule has 0 atom stereocenters. The van der Waals surface area contributed by atoms with Crippen molar-refractivity contribution in [2.75, 3.05) is 31.1 Å². The molecule has 0 radical (unpaired) electrons. The number of nitro benzene ring substituents is 1. The van der Waals surface area contributed by atoms with Crippen LogP contribution in [0.2, 0.25) is 0 Å². The number of nitrogens with zero attached hydrogens (tertiary/aromatic N) is 4.